The van der Waals surface area contributed by atoms with Gasteiger partial charge in [0.15, 0.2) is 6.10 Å². The molecule has 0 aromatic heterocycles. The average Bonchev–Trinajstić information content (AvgIpc) is 2.73. The van der Waals surface area contributed by atoms with Gasteiger partial charge in [-0.2, -0.15) is 0 Å². The highest BCUT2D eigenvalue weighted by atomic mass is 16.6. The molecule has 8 heteroatoms. The van der Waals surface area contributed by atoms with Crippen molar-refractivity contribution in [2.24, 2.45) is 5.92 Å². The number of ether oxygens (including phenoxy) is 3. The lowest BCUT2D eigenvalue weighted by Gasteiger charge is -2.32. The van der Waals surface area contributed by atoms with Gasteiger partial charge in [0.2, 0.25) is 6.10 Å². The molecule has 0 radical (unpaired) electrons. The van der Waals surface area contributed by atoms with E-state index in [4.69, 9.17) is 14.2 Å². The molecule has 0 aliphatic carbocycles. The predicted octanol–water partition coefficient (Wildman–Crippen LogP) is 1.50. The molecule has 3 rings (SSSR count). The number of likely N-dealkylation sites (tertiary alicyclic amines) is 1. The lowest BCUT2D eigenvalue weighted by atomic mass is 9.96. The fraction of sp³-hybridized carbons (Fsp3) is 0.524. The Labute approximate surface area is 169 Å². The number of piperidine rings is 1. The van der Waals surface area contributed by atoms with Crippen molar-refractivity contribution in [1.82, 2.24) is 4.90 Å². The van der Waals surface area contributed by atoms with E-state index < -0.39 is 24.1 Å². The second kappa shape index (κ2) is 9.07. The number of esters is 3. The van der Waals surface area contributed by atoms with Gasteiger partial charge in [0.1, 0.15) is 0 Å². The molecule has 1 aromatic rings. The van der Waals surface area contributed by atoms with Crippen LogP contribution < -0.4 is 0 Å². The van der Waals surface area contributed by atoms with Gasteiger partial charge in [0, 0.05) is 19.5 Å². The van der Waals surface area contributed by atoms with Crippen molar-refractivity contribution in [3.63, 3.8) is 0 Å². The number of hydrogen-bond donors (Lipinski definition) is 0. The quantitative estimate of drug-likeness (QED) is 0.543. The van der Waals surface area contributed by atoms with Crippen LogP contribution >= 0.6 is 0 Å². The Balaban J connectivity index is 1.52. The van der Waals surface area contributed by atoms with Crippen molar-refractivity contribution in [1.29, 1.82) is 0 Å². The summed E-state index contributed by atoms with van der Waals surface area (Å²) in [7, 11) is 0. The lowest BCUT2D eigenvalue weighted by Crippen LogP contribution is -2.46. The molecule has 0 unspecified atom stereocenters. The van der Waals surface area contributed by atoms with Crippen LogP contribution in [0.15, 0.2) is 24.3 Å². The third-order valence-corrected chi connectivity index (χ3v) is 5.22. The van der Waals surface area contributed by atoms with Crippen LogP contribution in [0.2, 0.25) is 0 Å². The summed E-state index contributed by atoms with van der Waals surface area (Å²) in [5.74, 6) is -2.09. The molecule has 2 heterocycles. The molecular weight excluding hydrogens is 378 g/mol. The number of nitrogens with zero attached hydrogens (tertiary/aromatic N) is 1. The van der Waals surface area contributed by atoms with Gasteiger partial charge in [-0.3, -0.25) is 9.59 Å². The molecule has 1 amide bonds. The number of carbonyl (C=O) groups excluding carboxylic acids is 4. The van der Waals surface area contributed by atoms with E-state index in [2.05, 4.69) is 0 Å². The van der Waals surface area contributed by atoms with Gasteiger partial charge in [0.25, 0.3) is 5.91 Å². The Morgan fingerprint density at radius 1 is 1.17 bits per heavy atom. The van der Waals surface area contributed by atoms with Gasteiger partial charge in [-0.25, -0.2) is 9.59 Å². The molecule has 0 bridgehead atoms. The Kier molecular flexibility index (Phi) is 6.51. The van der Waals surface area contributed by atoms with Gasteiger partial charge >= 0.3 is 17.9 Å². The fourth-order valence-corrected chi connectivity index (χ4v) is 3.62. The summed E-state index contributed by atoms with van der Waals surface area (Å²) in [6.45, 7) is 4.39. The average molecular weight is 403 g/mol. The molecular formula is C21H25NO7. The van der Waals surface area contributed by atoms with E-state index in [-0.39, 0.29) is 24.2 Å². The molecule has 8 nitrogen and oxygen atoms in total. The van der Waals surface area contributed by atoms with E-state index in [1.807, 2.05) is 0 Å². The number of fused-ring (bicyclic) bond motifs is 1. The van der Waals surface area contributed by atoms with E-state index >= 15 is 0 Å². The summed E-state index contributed by atoms with van der Waals surface area (Å²) in [6, 6.07) is 6.92. The maximum atomic E-state index is 12.6. The van der Waals surface area contributed by atoms with Gasteiger partial charge < -0.3 is 19.1 Å². The minimum absolute atomic E-state index is 0.210. The van der Waals surface area contributed by atoms with Crippen molar-refractivity contribution >= 4 is 23.8 Å². The molecule has 0 N–H and O–H groups in total. The standard InChI is InChI=1S/C21H25NO7/c1-3-27-19(24)14-8-10-22(11-9-14)18(23)13(2)28-21(26)17-12-15-6-4-5-7-16(15)20(25)29-17/h4-7,13-14,17H,3,8-12H2,1-2H3/t13-,17+/m0/s1. The third kappa shape index (κ3) is 4.75. The first-order valence-corrected chi connectivity index (χ1v) is 9.85. The highest BCUT2D eigenvalue weighted by Gasteiger charge is 2.36. The fourth-order valence-electron chi connectivity index (χ4n) is 3.62. The summed E-state index contributed by atoms with van der Waals surface area (Å²) in [6.07, 6.45) is -0.823. The number of amides is 1. The van der Waals surface area contributed by atoms with E-state index in [1.54, 1.807) is 36.1 Å². The summed E-state index contributed by atoms with van der Waals surface area (Å²) in [4.78, 5) is 50.5. The van der Waals surface area contributed by atoms with Gasteiger partial charge in [0.05, 0.1) is 18.1 Å². The molecule has 156 valence electrons. The zero-order valence-electron chi connectivity index (χ0n) is 16.6. The predicted molar refractivity (Wildman–Crippen MR) is 101 cm³/mol. The Bertz CT molecular complexity index is 798. The Hall–Kier alpha value is -2.90. The molecule has 29 heavy (non-hydrogen) atoms. The van der Waals surface area contributed by atoms with Crippen molar-refractivity contribution < 1.29 is 33.4 Å². The first kappa shape index (κ1) is 20.8. The molecule has 0 saturated carbocycles. The number of rotatable bonds is 5. The minimum atomic E-state index is -1.07. The molecule has 1 saturated heterocycles. The van der Waals surface area contributed by atoms with Gasteiger partial charge in [-0.15, -0.1) is 0 Å². The highest BCUT2D eigenvalue weighted by Crippen LogP contribution is 2.23. The van der Waals surface area contributed by atoms with Crippen molar-refractivity contribution in [2.45, 2.75) is 45.3 Å². The van der Waals surface area contributed by atoms with Gasteiger partial charge in [-0.05, 0) is 38.3 Å². The van der Waals surface area contributed by atoms with Crippen LogP contribution in [0.4, 0.5) is 0 Å². The summed E-state index contributed by atoms with van der Waals surface area (Å²) >= 11 is 0. The summed E-state index contributed by atoms with van der Waals surface area (Å²) in [5, 5.41) is 0. The van der Waals surface area contributed by atoms with Crippen molar-refractivity contribution in [2.75, 3.05) is 19.7 Å². The molecule has 1 aromatic carbocycles. The van der Waals surface area contributed by atoms with E-state index in [0.29, 0.717) is 43.7 Å². The van der Waals surface area contributed by atoms with Crippen molar-refractivity contribution in [3.05, 3.63) is 35.4 Å². The lowest BCUT2D eigenvalue weighted by molar-refractivity contribution is -0.167. The second-order valence-electron chi connectivity index (χ2n) is 7.19. The van der Waals surface area contributed by atoms with Crippen LogP contribution in [-0.2, 0) is 35.0 Å². The summed E-state index contributed by atoms with van der Waals surface area (Å²) in [5.41, 5.74) is 1.15. The molecule has 2 atom stereocenters. The van der Waals surface area contributed by atoms with Crippen LogP contribution in [0.25, 0.3) is 0 Å². The second-order valence-corrected chi connectivity index (χ2v) is 7.19. The number of hydrogen-bond acceptors (Lipinski definition) is 7. The maximum Gasteiger partial charge on any atom is 0.348 e. The first-order chi connectivity index (χ1) is 13.9. The maximum absolute atomic E-state index is 12.6. The van der Waals surface area contributed by atoms with Crippen LogP contribution in [0, 0.1) is 5.92 Å². The number of cyclic esters (lactones) is 1. The van der Waals surface area contributed by atoms with Gasteiger partial charge in [-0.1, -0.05) is 18.2 Å². The highest BCUT2D eigenvalue weighted by molar-refractivity contribution is 5.95. The smallest absolute Gasteiger partial charge is 0.348 e. The first-order valence-electron chi connectivity index (χ1n) is 9.85. The largest absolute Gasteiger partial charge is 0.466 e. The molecule has 2 aliphatic rings. The zero-order valence-corrected chi connectivity index (χ0v) is 16.6. The van der Waals surface area contributed by atoms with E-state index in [0.717, 1.165) is 0 Å². The Morgan fingerprint density at radius 3 is 2.55 bits per heavy atom. The van der Waals surface area contributed by atoms with E-state index in [1.165, 1.54) is 6.92 Å². The minimum Gasteiger partial charge on any atom is -0.466 e. The van der Waals surface area contributed by atoms with Crippen LogP contribution in [-0.4, -0.2) is 60.6 Å². The van der Waals surface area contributed by atoms with Crippen LogP contribution in [0.5, 0.6) is 0 Å². The Morgan fingerprint density at radius 2 is 1.86 bits per heavy atom. The SMILES string of the molecule is CCOC(=O)C1CCN(C(=O)[C@H](C)OC(=O)[C@H]2Cc3ccccc3C(=O)O2)CC1. The zero-order chi connectivity index (χ0) is 21.0. The van der Waals surface area contributed by atoms with E-state index in [9.17, 15) is 19.2 Å². The topological polar surface area (TPSA) is 99.2 Å². The number of carbonyl (C=O) groups is 4. The van der Waals surface area contributed by atoms with Crippen molar-refractivity contribution in [3.8, 4) is 0 Å². The molecule has 0 spiro atoms. The molecule has 1 fully saturated rings. The van der Waals surface area contributed by atoms with Crippen LogP contribution in [0.3, 0.4) is 0 Å². The van der Waals surface area contributed by atoms with Crippen LogP contribution in [0.1, 0.15) is 42.6 Å². The number of benzene rings is 1. The third-order valence-electron chi connectivity index (χ3n) is 5.22. The monoisotopic (exact) mass is 403 g/mol. The summed E-state index contributed by atoms with van der Waals surface area (Å²) < 4.78 is 15.5. The normalized spacial score (nSPS) is 20.3. The molecule has 2 aliphatic heterocycles.